The van der Waals surface area contributed by atoms with E-state index in [4.69, 9.17) is 33.2 Å². The molecule has 1 N–H and O–H groups in total. The van der Waals surface area contributed by atoms with Crippen LogP contribution < -0.4 is 29.0 Å². The number of fused-ring (bicyclic) bond motifs is 3. The third-order valence-corrected chi connectivity index (χ3v) is 10.6. The van der Waals surface area contributed by atoms with E-state index < -0.39 is 47.1 Å². The molecule has 2 aromatic rings. The van der Waals surface area contributed by atoms with Gasteiger partial charge in [0.25, 0.3) is 0 Å². The van der Waals surface area contributed by atoms with Crippen LogP contribution in [-0.2, 0) is 30.7 Å². The minimum absolute atomic E-state index is 0.0332. The van der Waals surface area contributed by atoms with Crippen molar-refractivity contribution in [2.75, 3.05) is 27.6 Å². The van der Waals surface area contributed by atoms with Gasteiger partial charge in [0.2, 0.25) is 12.5 Å². The van der Waals surface area contributed by atoms with E-state index in [2.05, 4.69) is 5.32 Å². The maximum absolute atomic E-state index is 13.8. The fourth-order valence-electron chi connectivity index (χ4n) is 8.09. The summed E-state index contributed by atoms with van der Waals surface area (Å²) in [6, 6.07) is 6.31. The SMILES string of the molecule is CC[C@H](C)[C@H](NC(=O)OC1CC(C)(C)N([O])C(C)(C)C1)C(=O)Oc1c(OC)cc([C@@H]2c3cc4c(cc3CC3COC(=O)[C@@H]32)OCO4)cc1OC. The Bertz CT molecular complexity index is 1610. The quantitative estimate of drug-likeness (QED) is 0.268. The van der Waals surface area contributed by atoms with E-state index in [0.717, 1.165) is 16.2 Å². The summed E-state index contributed by atoms with van der Waals surface area (Å²) < 4.78 is 40.1. The maximum Gasteiger partial charge on any atom is 0.408 e. The van der Waals surface area contributed by atoms with E-state index in [1.807, 2.05) is 53.7 Å². The number of nitrogens with one attached hydrogen (secondary N) is 1. The molecule has 1 radical (unpaired) electrons. The van der Waals surface area contributed by atoms with Crippen LogP contribution in [0, 0.1) is 17.8 Å². The second kappa shape index (κ2) is 13.5. The number of carbonyl (C=O) groups is 3. The van der Waals surface area contributed by atoms with Crippen molar-refractivity contribution < 1.29 is 52.7 Å². The lowest BCUT2D eigenvalue weighted by Crippen LogP contribution is -2.60. The molecular weight excluding hydrogens is 648 g/mol. The molecule has 6 rings (SSSR count). The number of alkyl carbamates (subject to hydrolysis) is 1. The smallest absolute Gasteiger partial charge is 0.408 e. The number of benzene rings is 2. The number of amides is 1. The third-order valence-electron chi connectivity index (χ3n) is 10.6. The van der Waals surface area contributed by atoms with Crippen LogP contribution in [0.4, 0.5) is 4.79 Å². The molecule has 3 aliphatic heterocycles. The largest absolute Gasteiger partial charge is 0.493 e. The highest BCUT2D eigenvalue weighted by Gasteiger charge is 2.49. The van der Waals surface area contributed by atoms with Crippen LogP contribution in [0.25, 0.3) is 0 Å². The lowest BCUT2D eigenvalue weighted by molar-refractivity contribution is -0.298. The van der Waals surface area contributed by atoms with Crippen LogP contribution in [0.2, 0.25) is 0 Å². The molecule has 13 nitrogen and oxygen atoms in total. The summed E-state index contributed by atoms with van der Waals surface area (Å²) in [5.41, 5.74) is 1.19. The van der Waals surface area contributed by atoms with Crippen LogP contribution in [0.5, 0.6) is 28.7 Å². The summed E-state index contributed by atoms with van der Waals surface area (Å²) in [7, 11) is 2.90. The van der Waals surface area contributed by atoms with E-state index in [-0.39, 0.29) is 41.8 Å². The first kappa shape index (κ1) is 35.6. The highest BCUT2D eigenvalue weighted by Crippen LogP contribution is 2.52. The minimum Gasteiger partial charge on any atom is -0.493 e. The molecule has 2 fully saturated rings. The van der Waals surface area contributed by atoms with Crippen molar-refractivity contribution in [1.82, 2.24) is 10.4 Å². The van der Waals surface area contributed by atoms with Crippen molar-refractivity contribution in [3.8, 4) is 28.7 Å². The fourth-order valence-corrected chi connectivity index (χ4v) is 8.09. The molecule has 2 saturated heterocycles. The zero-order valence-electron chi connectivity index (χ0n) is 30.0. The zero-order chi connectivity index (χ0) is 36.1. The predicted molar refractivity (Wildman–Crippen MR) is 178 cm³/mol. The number of hydrogen-bond acceptors (Lipinski definition) is 11. The normalized spacial score (nSPS) is 24.7. The fraction of sp³-hybridized carbons (Fsp3) is 0.595. The van der Waals surface area contributed by atoms with Gasteiger partial charge in [-0.1, -0.05) is 20.3 Å². The van der Waals surface area contributed by atoms with Crippen LogP contribution >= 0.6 is 0 Å². The number of cyclic esters (lactones) is 1. The summed E-state index contributed by atoms with van der Waals surface area (Å²) in [5.74, 6) is -0.520. The summed E-state index contributed by atoms with van der Waals surface area (Å²) in [6.07, 6.45) is 0.616. The molecule has 50 heavy (non-hydrogen) atoms. The topological polar surface area (TPSA) is 151 Å². The van der Waals surface area contributed by atoms with Crippen molar-refractivity contribution in [1.29, 1.82) is 0 Å². The van der Waals surface area contributed by atoms with Gasteiger partial charge in [0, 0.05) is 35.8 Å². The van der Waals surface area contributed by atoms with Crippen LogP contribution in [0.15, 0.2) is 24.3 Å². The molecule has 0 spiro atoms. The Balaban J connectivity index is 1.27. The minimum atomic E-state index is -1.06. The molecule has 0 saturated carbocycles. The molecule has 1 amide bonds. The highest BCUT2D eigenvalue weighted by atomic mass is 16.7. The number of ether oxygens (including phenoxy) is 7. The molecule has 0 bridgehead atoms. The van der Waals surface area contributed by atoms with E-state index in [1.165, 1.54) is 14.2 Å². The van der Waals surface area contributed by atoms with Crippen molar-refractivity contribution in [2.24, 2.45) is 17.8 Å². The molecule has 13 heteroatoms. The summed E-state index contributed by atoms with van der Waals surface area (Å²) in [4.78, 5) is 40.2. The molecule has 4 aliphatic rings. The second-order valence-corrected chi connectivity index (χ2v) is 15.0. The molecule has 0 aromatic heterocycles. The van der Waals surface area contributed by atoms with Crippen molar-refractivity contribution in [2.45, 2.75) is 96.4 Å². The number of methoxy groups -OCH3 is 2. The van der Waals surface area contributed by atoms with Gasteiger partial charge in [0.1, 0.15) is 12.1 Å². The van der Waals surface area contributed by atoms with Gasteiger partial charge >= 0.3 is 18.0 Å². The number of hydroxylamine groups is 2. The number of carbonyl (C=O) groups excluding carboxylic acids is 3. The van der Waals surface area contributed by atoms with Gasteiger partial charge in [-0.05, 0) is 81.0 Å². The Kier molecular flexibility index (Phi) is 9.59. The molecule has 3 heterocycles. The van der Waals surface area contributed by atoms with Crippen molar-refractivity contribution >= 4 is 18.0 Å². The van der Waals surface area contributed by atoms with Crippen molar-refractivity contribution in [3.63, 3.8) is 0 Å². The number of piperidine rings is 1. The Morgan fingerprint density at radius 2 is 1.60 bits per heavy atom. The van der Waals surface area contributed by atoms with Gasteiger partial charge < -0.3 is 38.5 Å². The second-order valence-electron chi connectivity index (χ2n) is 15.0. The molecular formula is C37H47N2O11. The summed E-state index contributed by atoms with van der Waals surface area (Å²) >= 11 is 0. The van der Waals surface area contributed by atoms with Gasteiger partial charge in [0.05, 0.1) is 26.7 Å². The lowest BCUT2D eigenvalue weighted by atomic mass is 9.67. The molecule has 2 aromatic carbocycles. The first-order valence-corrected chi connectivity index (χ1v) is 17.2. The third kappa shape index (κ3) is 6.53. The van der Waals surface area contributed by atoms with Gasteiger partial charge in [-0.15, -0.1) is 10.3 Å². The average molecular weight is 696 g/mol. The zero-order valence-corrected chi connectivity index (χ0v) is 30.0. The van der Waals surface area contributed by atoms with Crippen LogP contribution in [0.3, 0.4) is 0 Å². The first-order valence-electron chi connectivity index (χ1n) is 17.2. The molecule has 1 aliphatic carbocycles. The van der Waals surface area contributed by atoms with Gasteiger partial charge in [-0.3, -0.25) is 4.79 Å². The summed E-state index contributed by atoms with van der Waals surface area (Å²) in [5, 5.41) is 16.6. The van der Waals surface area contributed by atoms with Crippen LogP contribution in [0.1, 0.15) is 83.4 Å². The predicted octanol–water partition coefficient (Wildman–Crippen LogP) is 5.32. The maximum atomic E-state index is 13.8. The van der Waals surface area contributed by atoms with Crippen LogP contribution in [-0.4, -0.2) is 73.9 Å². The lowest BCUT2D eigenvalue weighted by Gasteiger charge is -2.49. The van der Waals surface area contributed by atoms with E-state index in [1.54, 1.807) is 12.1 Å². The van der Waals surface area contributed by atoms with E-state index >= 15 is 0 Å². The molecule has 1 unspecified atom stereocenters. The Morgan fingerprint density at radius 1 is 0.980 bits per heavy atom. The van der Waals surface area contributed by atoms with Crippen molar-refractivity contribution in [3.05, 3.63) is 41.0 Å². The average Bonchev–Trinajstić information content (AvgIpc) is 3.68. The van der Waals surface area contributed by atoms with Gasteiger partial charge in [-0.25, -0.2) is 9.59 Å². The van der Waals surface area contributed by atoms with E-state index in [9.17, 15) is 19.6 Å². The Hall–Kier alpha value is -4.23. The Morgan fingerprint density at radius 3 is 2.20 bits per heavy atom. The van der Waals surface area contributed by atoms with Gasteiger partial charge in [0.15, 0.2) is 23.0 Å². The number of rotatable bonds is 9. The molecule has 5 atom stereocenters. The summed E-state index contributed by atoms with van der Waals surface area (Å²) in [6.45, 7) is 11.5. The molecule has 271 valence electrons. The standard InChI is InChI=1S/C37H47N2O11/c1-9-19(2)31(38-35(42)49-23-15-36(3,4)39(43)37(5,6)16-23)34(41)50-32-27(44-7)12-21(13-28(32)45-8)29-24-14-26-25(47-18-48-26)11-20(24)10-22-17-46-33(40)30(22)29/h11-14,19,22-23,29-31H,9-10,15-18H2,1-8H3,(H,38,42)/t19-,22?,29+,30-,31-/m0/s1. The first-order chi connectivity index (χ1) is 23.7. The highest BCUT2D eigenvalue weighted by molar-refractivity contribution is 5.84. The number of hydrogen-bond donors (Lipinski definition) is 1. The van der Waals surface area contributed by atoms with E-state index in [0.29, 0.717) is 49.4 Å². The number of nitrogens with zero attached hydrogens (tertiary/aromatic N) is 1. The Labute approximate surface area is 292 Å². The van der Waals surface area contributed by atoms with Gasteiger partial charge in [-0.2, -0.15) is 0 Å². The number of esters is 2. The monoisotopic (exact) mass is 695 g/mol.